The number of guanidine groups is 1. The molecular formula is C20H30IN7O2. The van der Waals surface area contributed by atoms with Crippen molar-refractivity contribution in [1.29, 1.82) is 0 Å². The molecule has 1 aliphatic rings. The van der Waals surface area contributed by atoms with Gasteiger partial charge in [0.2, 0.25) is 11.8 Å². The van der Waals surface area contributed by atoms with Crippen molar-refractivity contribution in [2.75, 3.05) is 57.9 Å². The molecule has 0 unspecified atom stereocenters. The number of hydrogen-bond donors (Lipinski definition) is 1. The number of piperazine rings is 1. The fourth-order valence-electron chi connectivity index (χ4n) is 3.05. The summed E-state index contributed by atoms with van der Waals surface area (Å²) in [5.41, 5.74) is 0.954. The van der Waals surface area contributed by atoms with Gasteiger partial charge < -0.3 is 24.6 Å². The normalized spacial score (nSPS) is 14.3. The summed E-state index contributed by atoms with van der Waals surface area (Å²) in [6.07, 6.45) is 5.28. The van der Waals surface area contributed by atoms with E-state index in [0.717, 1.165) is 50.2 Å². The number of halogens is 1. The van der Waals surface area contributed by atoms with E-state index in [9.17, 15) is 0 Å². The molecule has 0 amide bonds. The Kier molecular flexibility index (Phi) is 10.6. The molecule has 0 radical (unpaired) electrons. The largest absolute Gasteiger partial charge is 0.475 e. The van der Waals surface area contributed by atoms with E-state index >= 15 is 0 Å². The molecule has 1 N–H and O–H groups in total. The van der Waals surface area contributed by atoms with Crippen LogP contribution in [-0.4, -0.2) is 78.9 Å². The summed E-state index contributed by atoms with van der Waals surface area (Å²) in [6.45, 7) is 7.80. The van der Waals surface area contributed by atoms with Crippen molar-refractivity contribution < 1.29 is 9.47 Å². The van der Waals surface area contributed by atoms with Crippen LogP contribution in [0.25, 0.3) is 0 Å². The lowest BCUT2D eigenvalue weighted by Gasteiger charge is -2.36. The Balaban J connectivity index is 0.00000320. The second-order valence-corrected chi connectivity index (χ2v) is 6.50. The van der Waals surface area contributed by atoms with Crippen LogP contribution in [0.4, 0.5) is 5.95 Å². The molecule has 1 fully saturated rings. The summed E-state index contributed by atoms with van der Waals surface area (Å²) in [7, 11) is 1.65. The van der Waals surface area contributed by atoms with Gasteiger partial charge in [-0.25, -0.2) is 19.9 Å². The molecule has 0 aromatic carbocycles. The number of rotatable bonds is 8. The molecule has 30 heavy (non-hydrogen) atoms. The molecule has 2 aromatic heterocycles. The number of aromatic nitrogens is 3. The van der Waals surface area contributed by atoms with E-state index in [-0.39, 0.29) is 24.0 Å². The number of nitrogens with zero attached hydrogens (tertiary/aromatic N) is 6. The van der Waals surface area contributed by atoms with E-state index in [1.165, 1.54) is 0 Å². The van der Waals surface area contributed by atoms with Crippen molar-refractivity contribution >= 4 is 35.9 Å². The highest BCUT2D eigenvalue weighted by Gasteiger charge is 2.21. The summed E-state index contributed by atoms with van der Waals surface area (Å²) in [6, 6.07) is 5.73. The zero-order valence-corrected chi connectivity index (χ0v) is 19.9. The van der Waals surface area contributed by atoms with Gasteiger partial charge in [0.1, 0.15) is 6.61 Å². The van der Waals surface area contributed by atoms with E-state index in [4.69, 9.17) is 14.5 Å². The molecule has 10 heteroatoms. The maximum absolute atomic E-state index is 5.72. The SMILES string of the molecule is CCNC(=NCc1cccnc1OCCOC)N1CCN(c2ncccn2)CC1.I. The van der Waals surface area contributed by atoms with Crippen LogP contribution in [0.15, 0.2) is 41.8 Å². The van der Waals surface area contributed by atoms with Gasteiger partial charge in [-0.3, -0.25) is 0 Å². The number of nitrogens with one attached hydrogen (secondary N) is 1. The standard InChI is InChI=1S/C20H29N7O2.HI/c1-3-21-19(25-16-17-6-4-7-22-18(17)29-15-14-28-2)26-10-12-27(13-11-26)20-23-8-5-9-24-20;/h4-9H,3,10-16H2,1-2H3,(H,21,25);1H. The average Bonchev–Trinajstić information content (AvgIpc) is 2.78. The molecule has 9 nitrogen and oxygen atoms in total. The Bertz CT molecular complexity index is 771. The molecule has 0 spiro atoms. The van der Waals surface area contributed by atoms with Gasteiger partial charge in [-0.05, 0) is 19.1 Å². The summed E-state index contributed by atoms with van der Waals surface area (Å²) >= 11 is 0. The van der Waals surface area contributed by atoms with Gasteiger partial charge in [-0.15, -0.1) is 24.0 Å². The Morgan fingerprint density at radius 3 is 2.50 bits per heavy atom. The summed E-state index contributed by atoms with van der Waals surface area (Å²) < 4.78 is 10.8. The smallest absolute Gasteiger partial charge is 0.225 e. The van der Waals surface area contributed by atoms with E-state index < -0.39 is 0 Å². The van der Waals surface area contributed by atoms with Gasteiger partial charge in [-0.2, -0.15) is 0 Å². The molecule has 0 atom stereocenters. The van der Waals surface area contributed by atoms with Gasteiger partial charge in [-0.1, -0.05) is 6.07 Å². The lowest BCUT2D eigenvalue weighted by Crippen LogP contribution is -2.53. The Morgan fingerprint density at radius 2 is 1.80 bits per heavy atom. The third kappa shape index (κ3) is 6.94. The van der Waals surface area contributed by atoms with E-state index in [1.54, 1.807) is 25.7 Å². The molecule has 1 aliphatic heterocycles. The molecule has 0 bridgehead atoms. The van der Waals surface area contributed by atoms with Crippen LogP contribution in [0, 0.1) is 0 Å². The number of pyridine rings is 1. The first kappa shape index (κ1) is 24.1. The number of anilines is 1. The molecule has 0 aliphatic carbocycles. The predicted molar refractivity (Wildman–Crippen MR) is 128 cm³/mol. The van der Waals surface area contributed by atoms with Crippen LogP contribution in [0.1, 0.15) is 12.5 Å². The fourth-order valence-corrected chi connectivity index (χ4v) is 3.05. The minimum absolute atomic E-state index is 0. The quantitative estimate of drug-likeness (QED) is 0.241. The number of methoxy groups -OCH3 is 1. The fraction of sp³-hybridized carbons (Fsp3) is 0.500. The van der Waals surface area contributed by atoms with Gasteiger partial charge in [0.25, 0.3) is 0 Å². The van der Waals surface area contributed by atoms with Crippen LogP contribution >= 0.6 is 24.0 Å². The zero-order chi connectivity index (χ0) is 20.3. The highest BCUT2D eigenvalue weighted by atomic mass is 127. The Morgan fingerprint density at radius 1 is 1.07 bits per heavy atom. The van der Waals surface area contributed by atoms with E-state index in [0.29, 0.717) is 25.6 Å². The van der Waals surface area contributed by atoms with Crippen molar-refractivity contribution in [3.05, 3.63) is 42.4 Å². The lowest BCUT2D eigenvalue weighted by molar-refractivity contribution is 0.143. The predicted octanol–water partition coefficient (Wildman–Crippen LogP) is 1.80. The molecule has 1 saturated heterocycles. The first-order valence-corrected chi connectivity index (χ1v) is 9.92. The van der Waals surface area contributed by atoms with Gasteiger partial charge >= 0.3 is 0 Å². The molecule has 164 valence electrons. The minimum atomic E-state index is 0. The lowest BCUT2D eigenvalue weighted by atomic mass is 10.3. The second-order valence-electron chi connectivity index (χ2n) is 6.50. The minimum Gasteiger partial charge on any atom is -0.475 e. The highest BCUT2D eigenvalue weighted by Crippen LogP contribution is 2.16. The maximum atomic E-state index is 5.72. The molecule has 2 aromatic rings. The van der Waals surface area contributed by atoms with Crippen LogP contribution in [0.2, 0.25) is 0 Å². The average molecular weight is 527 g/mol. The first-order valence-electron chi connectivity index (χ1n) is 9.92. The molecule has 3 rings (SSSR count). The number of aliphatic imine (C=N–C) groups is 1. The van der Waals surface area contributed by atoms with E-state index in [1.807, 2.05) is 18.2 Å². The zero-order valence-electron chi connectivity index (χ0n) is 17.5. The van der Waals surface area contributed by atoms with Crippen molar-refractivity contribution in [2.45, 2.75) is 13.5 Å². The van der Waals surface area contributed by atoms with Crippen molar-refractivity contribution in [3.63, 3.8) is 0 Å². The summed E-state index contributed by atoms with van der Waals surface area (Å²) in [5.74, 6) is 2.28. The Labute approximate surface area is 194 Å². The third-order valence-corrected chi connectivity index (χ3v) is 4.52. The molecule has 3 heterocycles. The number of hydrogen-bond acceptors (Lipinski definition) is 7. The van der Waals surface area contributed by atoms with Crippen molar-refractivity contribution in [3.8, 4) is 5.88 Å². The molecular weight excluding hydrogens is 497 g/mol. The van der Waals surface area contributed by atoms with Crippen LogP contribution in [0.3, 0.4) is 0 Å². The van der Waals surface area contributed by atoms with Crippen molar-refractivity contribution in [2.24, 2.45) is 4.99 Å². The maximum Gasteiger partial charge on any atom is 0.225 e. The van der Waals surface area contributed by atoms with Crippen LogP contribution < -0.4 is 15.0 Å². The topological polar surface area (TPSA) is 88.0 Å². The second kappa shape index (κ2) is 13.2. The number of ether oxygens (including phenoxy) is 2. The molecule has 0 saturated carbocycles. The summed E-state index contributed by atoms with van der Waals surface area (Å²) in [4.78, 5) is 22.3. The summed E-state index contributed by atoms with van der Waals surface area (Å²) in [5, 5.41) is 3.39. The van der Waals surface area contributed by atoms with Crippen LogP contribution in [0.5, 0.6) is 5.88 Å². The monoisotopic (exact) mass is 527 g/mol. The Hall–Kier alpha value is -2.21. The third-order valence-electron chi connectivity index (χ3n) is 4.52. The van der Waals surface area contributed by atoms with Crippen LogP contribution in [-0.2, 0) is 11.3 Å². The van der Waals surface area contributed by atoms with E-state index in [2.05, 4.69) is 37.0 Å². The van der Waals surface area contributed by atoms with Gasteiger partial charge in [0.15, 0.2) is 5.96 Å². The highest BCUT2D eigenvalue weighted by molar-refractivity contribution is 14.0. The van der Waals surface area contributed by atoms with Crippen molar-refractivity contribution in [1.82, 2.24) is 25.2 Å². The van der Waals surface area contributed by atoms with Gasteiger partial charge in [0, 0.05) is 64.0 Å². The first-order chi connectivity index (χ1) is 14.3. The van der Waals surface area contributed by atoms with Gasteiger partial charge in [0.05, 0.1) is 13.2 Å².